The molecule has 0 aliphatic rings. The first kappa shape index (κ1) is 13.6. The number of imidazole rings is 1. The number of nitrogens with zero attached hydrogens (tertiary/aromatic N) is 3. The van der Waals surface area contributed by atoms with Crippen LogP contribution in [0.3, 0.4) is 0 Å². The molecule has 2 heterocycles. The third-order valence-corrected chi connectivity index (χ3v) is 3.04. The molecule has 0 radical (unpaired) electrons. The van der Waals surface area contributed by atoms with Gasteiger partial charge in [0.1, 0.15) is 6.33 Å². The van der Waals surface area contributed by atoms with Crippen molar-refractivity contribution >= 4 is 23.1 Å². The summed E-state index contributed by atoms with van der Waals surface area (Å²) in [4.78, 5) is 15.9. The van der Waals surface area contributed by atoms with Gasteiger partial charge in [-0.2, -0.15) is 5.26 Å². The lowest BCUT2D eigenvalue weighted by Crippen LogP contribution is -2.21. The average Bonchev–Trinajstić information content (AvgIpc) is 3.00. The van der Waals surface area contributed by atoms with Crippen LogP contribution in [0.4, 0.5) is 20.7 Å². The molecule has 0 saturated heterocycles. The highest BCUT2D eigenvalue weighted by Gasteiger charge is 2.11. The van der Waals surface area contributed by atoms with Crippen molar-refractivity contribution < 1.29 is 9.18 Å². The Morgan fingerprint density at radius 3 is 2.68 bits per heavy atom. The van der Waals surface area contributed by atoms with E-state index in [1.807, 2.05) is 6.07 Å². The van der Waals surface area contributed by atoms with E-state index in [-0.39, 0.29) is 5.82 Å². The fraction of sp³-hybridized carbons (Fsp3) is 0. The average molecular weight is 295 g/mol. The Balaban J connectivity index is 1.79. The van der Waals surface area contributed by atoms with Crippen molar-refractivity contribution in [3.05, 3.63) is 60.3 Å². The fourth-order valence-corrected chi connectivity index (χ4v) is 1.99. The number of aromatic nitrogens is 2. The van der Waals surface area contributed by atoms with Gasteiger partial charge in [0.15, 0.2) is 11.6 Å². The van der Waals surface area contributed by atoms with Gasteiger partial charge in [-0.1, -0.05) is 0 Å². The molecular weight excluding hydrogens is 285 g/mol. The summed E-state index contributed by atoms with van der Waals surface area (Å²) in [6, 6.07) is 10.5. The lowest BCUT2D eigenvalue weighted by Gasteiger charge is -2.10. The Morgan fingerprint density at radius 1 is 1.18 bits per heavy atom. The van der Waals surface area contributed by atoms with Crippen molar-refractivity contribution in [2.45, 2.75) is 0 Å². The molecule has 6 nitrogen and oxygen atoms in total. The van der Waals surface area contributed by atoms with Crippen LogP contribution in [-0.2, 0) is 0 Å². The molecule has 0 fully saturated rings. The number of hydrogen-bond donors (Lipinski definition) is 2. The summed E-state index contributed by atoms with van der Waals surface area (Å²) >= 11 is 0. The first-order valence-corrected chi connectivity index (χ1v) is 6.36. The number of carbonyl (C=O) groups is 1. The standard InChI is InChI=1S/C15H10FN5O/c16-13-6-5-12-8-18-9-21(12)14(13)20-15(22)19-11-3-1-10(7-17)2-4-11/h1-6,8-9H,(H2,19,20,22). The van der Waals surface area contributed by atoms with Crippen molar-refractivity contribution in [2.24, 2.45) is 0 Å². The van der Waals surface area contributed by atoms with Crippen LogP contribution in [0.25, 0.3) is 5.52 Å². The van der Waals surface area contributed by atoms with Crippen LogP contribution in [0.1, 0.15) is 5.56 Å². The molecule has 3 aromatic rings. The van der Waals surface area contributed by atoms with Gasteiger partial charge in [0.25, 0.3) is 0 Å². The molecule has 0 aliphatic heterocycles. The van der Waals surface area contributed by atoms with E-state index in [4.69, 9.17) is 5.26 Å². The van der Waals surface area contributed by atoms with Crippen LogP contribution < -0.4 is 10.6 Å². The number of carbonyl (C=O) groups excluding carboxylic acids is 1. The Hall–Kier alpha value is -3.40. The summed E-state index contributed by atoms with van der Waals surface area (Å²) in [6.07, 6.45) is 2.97. The number of hydrogen-bond acceptors (Lipinski definition) is 3. The zero-order valence-corrected chi connectivity index (χ0v) is 11.2. The van der Waals surface area contributed by atoms with Crippen LogP contribution in [0, 0.1) is 17.1 Å². The molecule has 0 spiro atoms. The Labute approximate surface area is 124 Å². The van der Waals surface area contributed by atoms with Crippen molar-refractivity contribution in [3.8, 4) is 6.07 Å². The van der Waals surface area contributed by atoms with Gasteiger partial charge < -0.3 is 5.32 Å². The molecule has 0 atom stereocenters. The summed E-state index contributed by atoms with van der Waals surface area (Å²) < 4.78 is 15.3. The van der Waals surface area contributed by atoms with E-state index in [1.165, 1.54) is 16.8 Å². The maximum absolute atomic E-state index is 13.9. The highest BCUT2D eigenvalue weighted by atomic mass is 19.1. The lowest BCUT2D eigenvalue weighted by atomic mass is 10.2. The third-order valence-electron chi connectivity index (χ3n) is 3.04. The monoisotopic (exact) mass is 295 g/mol. The number of halogens is 1. The van der Waals surface area contributed by atoms with Crippen LogP contribution >= 0.6 is 0 Å². The maximum Gasteiger partial charge on any atom is 0.324 e. The minimum absolute atomic E-state index is 0.00106. The van der Waals surface area contributed by atoms with E-state index in [0.717, 1.165) is 0 Å². The highest BCUT2D eigenvalue weighted by Crippen LogP contribution is 2.17. The zero-order valence-electron chi connectivity index (χ0n) is 11.2. The molecule has 2 amide bonds. The predicted octanol–water partition coefficient (Wildman–Crippen LogP) is 2.99. The predicted molar refractivity (Wildman–Crippen MR) is 78.9 cm³/mol. The van der Waals surface area contributed by atoms with E-state index >= 15 is 0 Å². The topological polar surface area (TPSA) is 82.2 Å². The Morgan fingerprint density at radius 2 is 1.95 bits per heavy atom. The minimum atomic E-state index is -0.593. The Bertz CT molecular complexity index is 879. The van der Waals surface area contributed by atoms with E-state index in [9.17, 15) is 9.18 Å². The number of urea groups is 1. The van der Waals surface area contributed by atoms with Crippen LogP contribution in [0.15, 0.2) is 48.9 Å². The number of nitrogens with one attached hydrogen (secondary N) is 2. The number of nitriles is 1. The molecule has 7 heteroatoms. The summed E-state index contributed by atoms with van der Waals surface area (Å²) in [5.74, 6) is -0.568. The second-order valence-corrected chi connectivity index (χ2v) is 4.49. The summed E-state index contributed by atoms with van der Waals surface area (Å²) in [5.41, 5.74) is 1.64. The summed E-state index contributed by atoms with van der Waals surface area (Å²) in [6.45, 7) is 0. The molecule has 1 aromatic carbocycles. The third kappa shape index (κ3) is 2.58. The molecule has 22 heavy (non-hydrogen) atoms. The van der Waals surface area contributed by atoms with Crippen LogP contribution in [-0.4, -0.2) is 15.4 Å². The minimum Gasteiger partial charge on any atom is -0.308 e. The van der Waals surface area contributed by atoms with Crippen LogP contribution in [0.2, 0.25) is 0 Å². The first-order chi connectivity index (χ1) is 10.7. The second-order valence-electron chi connectivity index (χ2n) is 4.49. The normalized spacial score (nSPS) is 10.2. The molecule has 0 unspecified atom stereocenters. The van der Waals surface area contributed by atoms with Gasteiger partial charge >= 0.3 is 6.03 Å². The fourth-order valence-electron chi connectivity index (χ4n) is 1.99. The van der Waals surface area contributed by atoms with E-state index < -0.39 is 11.8 Å². The van der Waals surface area contributed by atoms with Gasteiger partial charge in [0, 0.05) is 5.69 Å². The highest BCUT2D eigenvalue weighted by molar-refractivity contribution is 5.99. The van der Waals surface area contributed by atoms with Gasteiger partial charge in [-0.05, 0) is 36.4 Å². The maximum atomic E-state index is 13.9. The molecule has 2 aromatic heterocycles. The Kier molecular flexibility index (Phi) is 3.42. The largest absolute Gasteiger partial charge is 0.324 e. The number of pyridine rings is 1. The van der Waals surface area contributed by atoms with Crippen molar-refractivity contribution in [1.29, 1.82) is 5.26 Å². The first-order valence-electron chi connectivity index (χ1n) is 6.36. The van der Waals surface area contributed by atoms with Crippen LogP contribution in [0.5, 0.6) is 0 Å². The number of anilines is 2. The van der Waals surface area contributed by atoms with Crippen molar-refractivity contribution in [2.75, 3.05) is 10.6 Å². The van der Waals surface area contributed by atoms with E-state index in [2.05, 4.69) is 15.6 Å². The molecule has 2 N–H and O–H groups in total. The smallest absolute Gasteiger partial charge is 0.308 e. The van der Waals surface area contributed by atoms with Gasteiger partial charge in [-0.3, -0.25) is 9.72 Å². The summed E-state index contributed by atoms with van der Waals surface area (Å²) in [5, 5.41) is 13.7. The lowest BCUT2D eigenvalue weighted by molar-refractivity contribution is 0.262. The van der Waals surface area contributed by atoms with Gasteiger partial charge in [-0.15, -0.1) is 0 Å². The molecule has 0 bridgehead atoms. The van der Waals surface area contributed by atoms with Crippen molar-refractivity contribution in [3.63, 3.8) is 0 Å². The van der Waals surface area contributed by atoms with Gasteiger partial charge in [0.05, 0.1) is 23.3 Å². The number of rotatable bonds is 2. The van der Waals surface area contributed by atoms with Gasteiger partial charge in [-0.25, -0.2) is 14.2 Å². The van der Waals surface area contributed by atoms with E-state index in [0.29, 0.717) is 16.8 Å². The van der Waals surface area contributed by atoms with Crippen molar-refractivity contribution in [1.82, 2.24) is 9.38 Å². The molecule has 0 saturated carbocycles. The van der Waals surface area contributed by atoms with E-state index in [1.54, 1.807) is 36.5 Å². The molecule has 3 rings (SSSR count). The quantitative estimate of drug-likeness (QED) is 0.762. The van der Waals surface area contributed by atoms with Gasteiger partial charge in [0.2, 0.25) is 0 Å². The molecular formula is C15H10FN5O. The molecule has 0 aliphatic carbocycles. The zero-order chi connectivity index (χ0) is 15.5. The number of amides is 2. The number of fused-ring (bicyclic) bond motifs is 1. The number of benzene rings is 1. The summed E-state index contributed by atoms with van der Waals surface area (Å²) in [7, 11) is 0. The SMILES string of the molecule is N#Cc1ccc(NC(=O)Nc2c(F)ccc3cncn23)cc1. The second kappa shape index (κ2) is 5.54. The molecule has 108 valence electrons.